The van der Waals surface area contributed by atoms with Crippen LogP contribution in [-0.4, -0.2) is 10.8 Å². The van der Waals surface area contributed by atoms with Gasteiger partial charge in [-0.2, -0.15) is 0 Å². The summed E-state index contributed by atoms with van der Waals surface area (Å²) >= 11 is 0. The Morgan fingerprint density at radius 1 is 1.05 bits per heavy atom. The SMILES string of the molecule is NC1=NCc2cc3c(cc21)OCc1ncccc1CO3. The molecule has 1 aromatic heterocycles. The molecule has 0 bridgehead atoms. The average molecular weight is 267 g/mol. The molecule has 3 heterocycles. The third-order valence-electron chi connectivity index (χ3n) is 3.60. The average Bonchev–Trinajstić information content (AvgIpc) is 2.81. The van der Waals surface area contributed by atoms with Crippen LogP contribution in [0, 0.1) is 0 Å². The highest BCUT2D eigenvalue weighted by Crippen LogP contribution is 2.35. The molecule has 0 aliphatic carbocycles. The maximum Gasteiger partial charge on any atom is 0.162 e. The molecule has 100 valence electrons. The lowest BCUT2D eigenvalue weighted by atomic mass is 10.1. The van der Waals surface area contributed by atoms with E-state index in [1.807, 2.05) is 24.3 Å². The van der Waals surface area contributed by atoms with E-state index < -0.39 is 0 Å². The van der Waals surface area contributed by atoms with Crippen LogP contribution >= 0.6 is 0 Å². The van der Waals surface area contributed by atoms with Gasteiger partial charge in [-0.3, -0.25) is 9.98 Å². The number of ether oxygens (including phenoxy) is 2. The van der Waals surface area contributed by atoms with Crippen LogP contribution in [0.5, 0.6) is 11.5 Å². The van der Waals surface area contributed by atoms with Gasteiger partial charge in [-0.15, -0.1) is 0 Å². The normalized spacial score (nSPS) is 15.7. The van der Waals surface area contributed by atoms with Crippen molar-refractivity contribution in [3.05, 3.63) is 52.8 Å². The Morgan fingerprint density at radius 3 is 2.85 bits per heavy atom. The van der Waals surface area contributed by atoms with E-state index in [2.05, 4.69) is 9.98 Å². The Balaban J connectivity index is 1.74. The summed E-state index contributed by atoms with van der Waals surface area (Å²) in [6.45, 7) is 1.53. The van der Waals surface area contributed by atoms with Crippen molar-refractivity contribution in [2.75, 3.05) is 0 Å². The molecule has 2 aromatic rings. The number of nitrogens with zero attached hydrogens (tertiary/aromatic N) is 2. The lowest BCUT2D eigenvalue weighted by Gasteiger charge is -2.19. The molecule has 0 spiro atoms. The van der Waals surface area contributed by atoms with E-state index in [-0.39, 0.29) is 0 Å². The molecule has 2 N–H and O–H groups in total. The number of aromatic nitrogens is 1. The lowest BCUT2D eigenvalue weighted by Crippen LogP contribution is -2.13. The first-order valence-corrected chi connectivity index (χ1v) is 6.47. The molecule has 0 radical (unpaired) electrons. The molecule has 0 amide bonds. The van der Waals surface area contributed by atoms with Crippen molar-refractivity contribution in [1.29, 1.82) is 0 Å². The number of amidine groups is 1. The van der Waals surface area contributed by atoms with Gasteiger partial charge in [0.25, 0.3) is 0 Å². The van der Waals surface area contributed by atoms with E-state index in [1.165, 1.54) is 0 Å². The molecular formula is C15H13N3O2. The third-order valence-corrected chi connectivity index (χ3v) is 3.60. The molecule has 2 aliphatic rings. The summed E-state index contributed by atoms with van der Waals surface area (Å²) in [5.74, 6) is 2.00. The third kappa shape index (κ3) is 1.71. The Labute approximate surface area is 116 Å². The van der Waals surface area contributed by atoms with E-state index in [0.717, 1.165) is 28.1 Å². The fourth-order valence-corrected chi connectivity index (χ4v) is 2.49. The highest BCUT2D eigenvalue weighted by atomic mass is 16.5. The first kappa shape index (κ1) is 11.3. The first-order valence-electron chi connectivity index (χ1n) is 6.47. The van der Waals surface area contributed by atoms with Crippen molar-refractivity contribution in [3.63, 3.8) is 0 Å². The van der Waals surface area contributed by atoms with Gasteiger partial charge in [-0.1, -0.05) is 6.07 Å². The highest BCUT2D eigenvalue weighted by Gasteiger charge is 2.20. The Morgan fingerprint density at radius 2 is 1.90 bits per heavy atom. The second kappa shape index (κ2) is 4.23. The van der Waals surface area contributed by atoms with Gasteiger partial charge in [0, 0.05) is 17.3 Å². The number of hydrogen-bond donors (Lipinski definition) is 1. The molecule has 0 fully saturated rings. The van der Waals surface area contributed by atoms with Crippen LogP contribution in [0.3, 0.4) is 0 Å². The van der Waals surface area contributed by atoms with Gasteiger partial charge in [0.15, 0.2) is 11.5 Å². The molecule has 0 saturated carbocycles. The summed E-state index contributed by atoms with van der Waals surface area (Å²) in [5.41, 5.74) is 9.84. The van der Waals surface area contributed by atoms with E-state index in [0.29, 0.717) is 31.3 Å². The number of rotatable bonds is 0. The smallest absolute Gasteiger partial charge is 0.162 e. The van der Waals surface area contributed by atoms with E-state index in [1.54, 1.807) is 6.20 Å². The van der Waals surface area contributed by atoms with Crippen LogP contribution in [-0.2, 0) is 19.8 Å². The number of nitrogens with two attached hydrogens (primary N) is 1. The Bertz CT molecular complexity index is 725. The molecule has 5 nitrogen and oxygen atoms in total. The molecule has 0 atom stereocenters. The van der Waals surface area contributed by atoms with Crippen molar-refractivity contribution in [2.45, 2.75) is 19.8 Å². The van der Waals surface area contributed by atoms with E-state index >= 15 is 0 Å². The topological polar surface area (TPSA) is 69.7 Å². The van der Waals surface area contributed by atoms with Crippen molar-refractivity contribution >= 4 is 5.84 Å². The molecule has 0 saturated heterocycles. The van der Waals surface area contributed by atoms with Gasteiger partial charge in [0.2, 0.25) is 0 Å². The molecular weight excluding hydrogens is 254 g/mol. The van der Waals surface area contributed by atoms with E-state index in [4.69, 9.17) is 15.2 Å². The number of hydrogen-bond acceptors (Lipinski definition) is 5. The van der Waals surface area contributed by atoms with Crippen LogP contribution in [0.2, 0.25) is 0 Å². The summed E-state index contributed by atoms with van der Waals surface area (Å²) in [6, 6.07) is 7.78. The standard InChI is InChI=1S/C15H13N3O2/c16-15-11-5-14-13(4-10(11)6-18-15)19-7-9-2-1-3-17-12(9)8-20-14/h1-5H,6-8H2,(H2,16,18). The Kier molecular flexibility index (Phi) is 2.39. The van der Waals surface area contributed by atoms with Crippen molar-refractivity contribution in [3.8, 4) is 11.5 Å². The summed E-state index contributed by atoms with van der Waals surface area (Å²) < 4.78 is 11.7. The number of pyridine rings is 1. The zero-order valence-corrected chi connectivity index (χ0v) is 10.8. The van der Waals surface area contributed by atoms with Crippen molar-refractivity contribution in [1.82, 2.24) is 4.98 Å². The second-order valence-corrected chi connectivity index (χ2v) is 4.84. The molecule has 1 aromatic carbocycles. The number of fused-ring (bicyclic) bond motifs is 3. The minimum absolute atomic E-state index is 0.433. The highest BCUT2D eigenvalue weighted by molar-refractivity contribution is 6.01. The van der Waals surface area contributed by atoms with Crippen LogP contribution in [0.15, 0.2) is 35.5 Å². The van der Waals surface area contributed by atoms with Crippen LogP contribution in [0.1, 0.15) is 22.4 Å². The minimum atomic E-state index is 0.433. The summed E-state index contributed by atoms with van der Waals surface area (Å²) in [4.78, 5) is 8.56. The largest absolute Gasteiger partial charge is 0.485 e. The quantitative estimate of drug-likeness (QED) is 0.789. The zero-order chi connectivity index (χ0) is 13.5. The second-order valence-electron chi connectivity index (χ2n) is 4.84. The predicted molar refractivity (Wildman–Crippen MR) is 73.8 cm³/mol. The van der Waals surface area contributed by atoms with Gasteiger partial charge >= 0.3 is 0 Å². The van der Waals surface area contributed by atoms with E-state index in [9.17, 15) is 0 Å². The Hall–Kier alpha value is -2.56. The molecule has 2 aliphatic heterocycles. The van der Waals surface area contributed by atoms with Crippen LogP contribution in [0.25, 0.3) is 0 Å². The number of benzene rings is 1. The minimum Gasteiger partial charge on any atom is -0.485 e. The molecule has 4 rings (SSSR count). The predicted octanol–water partition coefficient (Wildman–Crippen LogP) is 1.77. The summed E-state index contributed by atoms with van der Waals surface area (Å²) in [7, 11) is 0. The van der Waals surface area contributed by atoms with Gasteiger partial charge < -0.3 is 15.2 Å². The number of aliphatic imine (C=N–C) groups is 1. The van der Waals surface area contributed by atoms with Gasteiger partial charge in [-0.25, -0.2) is 0 Å². The fourth-order valence-electron chi connectivity index (χ4n) is 2.49. The summed E-state index contributed by atoms with van der Waals surface area (Å²) in [6.07, 6.45) is 1.76. The first-order chi connectivity index (χ1) is 9.81. The van der Waals surface area contributed by atoms with Crippen molar-refractivity contribution < 1.29 is 9.47 Å². The van der Waals surface area contributed by atoms with Gasteiger partial charge in [0.1, 0.15) is 19.0 Å². The maximum absolute atomic E-state index is 5.87. The molecule has 20 heavy (non-hydrogen) atoms. The fraction of sp³-hybridized carbons (Fsp3) is 0.200. The molecule has 5 heteroatoms. The lowest BCUT2D eigenvalue weighted by molar-refractivity contribution is 0.234. The summed E-state index contributed by atoms with van der Waals surface area (Å²) in [5, 5.41) is 0. The zero-order valence-electron chi connectivity index (χ0n) is 10.8. The maximum atomic E-state index is 5.87. The van der Waals surface area contributed by atoms with Crippen molar-refractivity contribution in [2.24, 2.45) is 10.7 Å². The molecule has 0 unspecified atom stereocenters. The monoisotopic (exact) mass is 267 g/mol. The van der Waals surface area contributed by atoms with Gasteiger partial charge in [-0.05, 0) is 23.8 Å². The van der Waals surface area contributed by atoms with Crippen LogP contribution in [0.4, 0.5) is 0 Å². The van der Waals surface area contributed by atoms with Crippen LogP contribution < -0.4 is 15.2 Å². The van der Waals surface area contributed by atoms with Gasteiger partial charge in [0.05, 0.1) is 12.2 Å².